The molecule has 0 spiro atoms. The molecule has 2 aromatic rings. The second-order valence-electron chi connectivity index (χ2n) is 7.46. The quantitative estimate of drug-likeness (QED) is 0.530. The molecule has 2 unspecified atom stereocenters. The summed E-state index contributed by atoms with van der Waals surface area (Å²) in [5.41, 5.74) is 6.74. The van der Waals surface area contributed by atoms with E-state index in [1.165, 1.54) is 31.2 Å². The summed E-state index contributed by atoms with van der Waals surface area (Å²) in [6, 6.07) is 14.3. The third-order valence-electron chi connectivity index (χ3n) is 4.54. The van der Waals surface area contributed by atoms with Crippen molar-refractivity contribution in [2.24, 2.45) is 11.7 Å². The first kappa shape index (κ1) is 23.6. The van der Waals surface area contributed by atoms with Crippen LogP contribution in [0.2, 0.25) is 0 Å². The van der Waals surface area contributed by atoms with Crippen molar-refractivity contribution in [2.45, 2.75) is 39.3 Å². The van der Waals surface area contributed by atoms with E-state index in [9.17, 15) is 19.2 Å². The van der Waals surface area contributed by atoms with Crippen LogP contribution in [0.1, 0.15) is 36.7 Å². The van der Waals surface area contributed by atoms with Crippen LogP contribution in [0.15, 0.2) is 54.6 Å². The number of ether oxygens (including phenoxy) is 1. The molecule has 0 aliphatic rings. The molecule has 2 rings (SSSR count). The van der Waals surface area contributed by atoms with Gasteiger partial charge < -0.3 is 21.1 Å². The average Bonchev–Trinajstić information content (AvgIpc) is 2.72. The van der Waals surface area contributed by atoms with E-state index >= 15 is 0 Å². The third kappa shape index (κ3) is 7.26. The largest absolute Gasteiger partial charge is 0.451 e. The lowest BCUT2D eigenvalue weighted by Crippen LogP contribution is -2.47. The molecular formula is C23H27N3O5. The predicted octanol–water partition coefficient (Wildman–Crippen LogP) is 2.04. The number of rotatable bonds is 9. The van der Waals surface area contributed by atoms with Crippen molar-refractivity contribution >= 4 is 29.4 Å². The first-order valence-corrected chi connectivity index (χ1v) is 9.92. The van der Waals surface area contributed by atoms with Gasteiger partial charge in [0.25, 0.3) is 5.91 Å². The molecule has 0 aliphatic heterocycles. The maximum atomic E-state index is 12.6. The summed E-state index contributed by atoms with van der Waals surface area (Å²) >= 11 is 0. The standard InChI is InChI=1S/C23H27N3O5/c1-14(2)20(26-19(27)13-16-7-5-4-6-8-16)23(30)31-15(3)22(29)25-18-11-9-17(10-12-18)21(24)28/h4-12,14-15,20H,13H2,1-3H3,(H2,24,28)(H,25,29)(H,26,27). The minimum atomic E-state index is -1.09. The van der Waals surface area contributed by atoms with E-state index in [-0.39, 0.29) is 18.2 Å². The molecule has 0 aliphatic carbocycles. The van der Waals surface area contributed by atoms with Crippen LogP contribution < -0.4 is 16.4 Å². The summed E-state index contributed by atoms with van der Waals surface area (Å²) < 4.78 is 5.28. The summed E-state index contributed by atoms with van der Waals surface area (Å²) in [5.74, 6) is -2.35. The lowest BCUT2D eigenvalue weighted by molar-refractivity contribution is -0.157. The van der Waals surface area contributed by atoms with Crippen LogP contribution in [0.3, 0.4) is 0 Å². The van der Waals surface area contributed by atoms with Crippen LogP contribution in [-0.2, 0) is 25.5 Å². The zero-order valence-electron chi connectivity index (χ0n) is 17.8. The lowest BCUT2D eigenvalue weighted by Gasteiger charge is -2.23. The zero-order valence-corrected chi connectivity index (χ0v) is 17.8. The summed E-state index contributed by atoms with van der Waals surface area (Å²) in [6.07, 6.45) is -0.954. The fraction of sp³-hybridized carbons (Fsp3) is 0.304. The van der Waals surface area contributed by atoms with Gasteiger partial charge in [0.1, 0.15) is 6.04 Å². The molecule has 0 aromatic heterocycles. The second-order valence-corrected chi connectivity index (χ2v) is 7.46. The number of hydrogen-bond acceptors (Lipinski definition) is 5. The molecule has 0 heterocycles. The zero-order chi connectivity index (χ0) is 23.0. The Balaban J connectivity index is 1.93. The van der Waals surface area contributed by atoms with Gasteiger partial charge in [-0.1, -0.05) is 44.2 Å². The average molecular weight is 425 g/mol. The summed E-state index contributed by atoms with van der Waals surface area (Å²) in [4.78, 5) is 48.4. The van der Waals surface area contributed by atoms with Gasteiger partial charge in [-0.25, -0.2) is 4.79 Å². The van der Waals surface area contributed by atoms with Crippen LogP contribution in [-0.4, -0.2) is 35.8 Å². The van der Waals surface area contributed by atoms with E-state index in [1.54, 1.807) is 13.8 Å². The predicted molar refractivity (Wildman–Crippen MR) is 116 cm³/mol. The number of nitrogens with two attached hydrogens (primary N) is 1. The molecule has 164 valence electrons. The normalized spacial score (nSPS) is 12.5. The fourth-order valence-corrected chi connectivity index (χ4v) is 2.77. The molecule has 0 saturated carbocycles. The Kier molecular flexibility index (Phi) is 8.31. The molecular weight excluding hydrogens is 398 g/mol. The molecule has 2 atom stereocenters. The number of carbonyl (C=O) groups excluding carboxylic acids is 4. The molecule has 31 heavy (non-hydrogen) atoms. The molecule has 8 nitrogen and oxygen atoms in total. The first-order chi connectivity index (χ1) is 14.7. The summed E-state index contributed by atoms with van der Waals surface area (Å²) in [7, 11) is 0. The monoisotopic (exact) mass is 425 g/mol. The number of benzene rings is 2. The van der Waals surface area contributed by atoms with Crippen molar-refractivity contribution in [1.29, 1.82) is 0 Å². The highest BCUT2D eigenvalue weighted by Gasteiger charge is 2.29. The highest BCUT2D eigenvalue weighted by molar-refractivity contribution is 5.97. The van der Waals surface area contributed by atoms with E-state index in [2.05, 4.69) is 10.6 Å². The van der Waals surface area contributed by atoms with Gasteiger partial charge in [0, 0.05) is 11.3 Å². The fourth-order valence-electron chi connectivity index (χ4n) is 2.77. The Morgan fingerprint density at radius 2 is 1.55 bits per heavy atom. The third-order valence-corrected chi connectivity index (χ3v) is 4.54. The van der Waals surface area contributed by atoms with Gasteiger partial charge in [0.2, 0.25) is 11.8 Å². The van der Waals surface area contributed by atoms with Crippen LogP contribution in [0, 0.1) is 5.92 Å². The van der Waals surface area contributed by atoms with Crippen molar-refractivity contribution in [2.75, 3.05) is 5.32 Å². The summed E-state index contributed by atoms with van der Waals surface area (Å²) in [6.45, 7) is 4.99. The molecule has 0 fully saturated rings. The minimum absolute atomic E-state index is 0.134. The topological polar surface area (TPSA) is 128 Å². The van der Waals surface area contributed by atoms with E-state index < -0.39 is 29.9 Å². The number of nitrogens with one attached hydrogen (secondary N) is 2. The number of hydrogen-bond donors (Lipinski definition) is 3. The van der Waals surface area contributed by atoms with Crippen LogP contribution in [0.25, 0.3) is 0 Å². The molecule has 0 radical (unpaired) electrons. The van der Waals surface area contributed by atoms with E-state index in [4.69, 9.17) is 10.5 Å². The van der Waals surface area contributed by atoms with Crippen molar-refractivity contribution in [3.63, 3.8) is 0 Å². The number of primary amides is 1. The van der Waals surface area contributed by atoms with Gasteiger partial charge in [-0.3, -0.25) is 14.4 Å². The smallest absolute Gasteiger partial charge is 0.329 e. The Morgan fingerprint density at radius 3 is 2.10 bits per heavy atom. The van der Waals surface area contributed by atoms with Gasteiger partial charge in [-0.2, -0.15) is 0 Å². The Hall–Kier alpha value is -3.68. The number of amides is 3. The lowest BCUT2D eigenvalue weighted by atomic mass is 10.0. The van der Waals surface area contributed by atoms with Gasteiger partial charge in [-0.05, 0) is 42.7 Å². The van der Waals surface area contributed by atoms with Crippen LogP contribution in [0.4, 0.5) is 5.69 Å². The van der Waals surface area contributed by atoms with Crippen LogP contribution in [0.5, 0.6) is 0 Å². The van der Waals surface area contributed by atoms with E-state index in [0.29, 0.717) is 11.3 Å². The number of anilines is 1. The van der Waals surface area contributed by atoms with E-state index in [1.807, 2.05) is 30.3 Å². The molecule has 0 saturated heterocycles. The Bertz CT molecular complexity index is 926. The molecule has 2 aromatic carbocycles. The maximum absolute atomic E-state index is 12.6. The highest BCUT2D eigenvalue weighted by Crippen LogP contribution is 2.12. The SMILES string of the molecule is CC(OC(=O)C(NC(=O)Cc1ccccc1)C(C)C)C(=O)Nc1ccc(C(N)=O)cc1. The van der Waals surface area contributed by atoms with E-state index in [0.717, 1.165) is 5.56 Å². The minimum Gasteiger partial charge on any atom is -0.451 e. The molecule has 3 amide bonds. The van der Waals surface area contributed by atoms with Gasteiger partial charge in [0.15, 0.2) is 6.10 Å². The second kappa shape index (κ2) is 10.9. The number of carbonyl (C=O) groups is 4. The van der Waals surface area contributed by atoms with Gasteiger partial charge in [0.05, 0.1) is 6.42 Å². The van der Waals surface area contributed by atoms with Gasteiger partial charge >= 0.3 is 5.97 Å². The first-order valence-electron chi connectivity index (χ1n) is 9.92. The summed E-state index contributed by atoms with van der Waals surface area (Å²) in [5, 5.41) is 5.29. The maximum Gasteiger partial charge on any atom is 0.329 e. The number of esters is 1. The molecule has 8 heteroatoms. The van der Waals surface area contributed by atoms with Gasteiger partial charge in [-0.15, -0.1) is 0 Å². The van der Waals surface area contributed by atoms with Crippen molar-refractivity contribution in [3.05, 3.63) is 65.7 Å². The van der Waals surface area contributed by atoms with Crippen molar-refractivity contribution in [1.82, 2.24) is 5.32 Å². The Morgan fingerprint density at radius 1 is 0.935 bits per heavy atom. The Labute approximate surface area is 181 Å². The molecule has 0 bridgehead atoms. The van der Waals surface area contributed by atoms with Crippen LogP contribution >= 0.6 is 0 Å². The van der Waals surface area contributed by atoms with Crippen molar-refractivity contribution < 1.29 is 23.9 Å². The molecule has 4 N–H and O–H groups in total. The highest BCUT2D eigenvalue weighted by atomic mass is 16.5. The van der Waals surface area contributed by atoms with Crippen molar-refractivity contribution in [3.8, 4) is 0 Å².